The normalized spacial score (nSPS) is 11.2. The maximum atomic E-state index is 13.0. The second-order valence-corrected chi connectivity index (χ2v) is 6.89. The minimum atomic E-state index is -0.449. The summed E-state index contributed by atoms with van der Waals surface area (Å²) in [5.74, 6) is -0.111. The van der Waals surface area contributed by atoms with Crippen LogP contribution in [0, 0.1) is 6.92 Å². The van der Waals surface area contributed by atoms with Crippen molar-refractivity contribution in [3.63, 3.8) is 0 Å². The molecule has 0 saturated carbocycles. The summed E-state index contributed by atoms with van der Waals surface area (Å²) in [4.78, 5) is 26.9. The third-order valence-corrected chi connectivity index (χ3v) is 5.05. The first-order chi connectivity index (χ1) is 13.5. The molecule has 142 valence electrons. The van der Waals surface area contributed by atoms with E-state index in [2.05, 4.69) is 12.0 Å². The van der Waals surface area contributed by atoms with E-state index in [1.807, 2.05) is 43.3 Å². The molecule has 0 saturated heterocycles. The number of likely N-dealkylation sites (N-methyl/N-ethyl adjacent to an activating group) is 1. The van der Waals surface area contributed by atoms with Crippen LogP contribution in [-0.2, 0) is 17.8 Å². The zero-order valence-electron chi connectivity index (χ0n) is 16.1. The summed E-state index contributed by atoms with van der Waals surface area (Å²) in [6, 6.07) is 13.4. The van der Waals surface area contributed by atoms with Crippen molar-refractivity contribution in [2.24, 2.45) is 0 Å². The Hall–Kier alpha value is -3.41. The Labute approximate surface area is 162 Å². The molecule has 2 aromatic heterocycles. The van der Waals surface area contributed by atoms with Crippen molar-refractivity contribution in [2.45, 2.75) is 26.8 Å². The molecule has 6 heteroatoms. The van der Waals surface area contributed by atoms with Gasteiger partial charge < -0.3 is 9.32 Å². The van der Waals surface area contributed by atoms with Gasteiger partial charge in [-0.25, -0.2) is 4.79 Å². The monoisotopic (exact) mass is 375 g/mol. The topological polar surface area (TPSA) is 68.3 Å². The van der Waals surface area contributed by atoms with Crippen LogP contribution in [0.2, 0.25) is 0 Å². The highest BCUT2D eigenvalue weighted by atomic mass is 16.4. The molecule has 0 N–H and O–H groups in total. The Morgan fingerprint density at radius 2 is 1.96 bits per heavy atom. The van der Waals surface area contributed by atoms with Gasteiger partial charge in [-0.3, -0.25) is 9.48 Å². The molecule has 4 rings (SSSR count). The molecule has 0 aliphatic carbocycles. The van der Waals surface area contributed by atoms with Gasteiger partial charge in [0.15, 0.2) is 0 Å². The number of amides is 1. The van der Waals surface area contributed by atoms with Crippen LogP contribution in [-0.4, -0.2) is 22.7 Å². The number of hydrogen-bond donors (Lipinski definition) is 0. The van der Waals surface area contributed by atoms with Gasteiger partial charge in [0.25, 0.3) is 0 Å². The van der Waals surface area contributed by atoms with Gasteiger partial charge >= 0.3 is 5.63 Å². The molecule has 0 unspecified atom stereocenters. The molecule has 28 heavy (non-hydrogen) atoms. The first-order valence-corrected chi connectivity index (χ1v) is 9.23. The lowest BCUT2D eigenvalue weighted by Crippen LogP contribution is -2.31. The van der Waals surface area contributed by atoms with Crippen LogP contribution in [0.15, 0.2) is 57.9 Å². The quantitative estimate of drug-likeness (QED) is 0.510. The van der Waals surface area contributed by atoms with Gasteiger partial charge in [0.05, 0.1) is 11.7 Å². The fraction of sp³-hybridized carbons (Fsp3) is 0.227. The van der Waals surface area contributed by atoms with E-state index in [1.54, 1.807) is 22.7 Å². The Kier molecular flexibility index (Phi) is 4.47. The molecular weight excluding hydrogens is 354 g/mol. The van der Waals surface area contributed by atoms with Gasteiger partial charge in [0.1, 0.15) is 17.5 Å². The molecule has 0 radical (unpaired) electrons. The van der Waals surface area contributed by atoms with Crippen molar-refractivity contribution in [1.82, 2.24) is 9.78 Å². The van der Waals surface area contributed by atoms with Crippen molar-refractivity contribution >= 4 is 33.5 Å². The number of hydrogen-bond acceptors (Lipinski definition) is 4. The van der Waals surface area contributed by atoms with Crippen LogP contribution >= 0.6 is 0 Å². The fourth-order valence-electron chi connectivity index (χ4n) is 3.52. The van der Waals surface area contributed by atoms with Crippen LogP contribution < -0.4 is 10.5 Å². The van der Waals surface area contributed by atoms with Crippen molar-refractivity contribution < 1.29 is 9.21 Å². The number of aryl methyl sites for hydroxylation is 2. The van der Waals surface area contributed by atoms with Gasteiger partial charge in [-0.15, -0.1) is 0 Å². The Bertz CT molecular complexity index is 1250. The lowest BCUT2D eigenvalue weighted by Gasteiger charge is -2.20. The van der Waals surface area contributed by atoms with Gasteiger partial charge in [-0.2, -0.15) is 5.10 Å². The number of carbonyl (C=O) groups excluding carboxylic acids is 1. The Morgan fingerprint density at radius 3 is 2.75 bits per heavy atom. The first-order valence-electron chi connectivity index (χ1n) is 9.23. The number of carbonyl (C=O) groups is 1. The van der Waals surface area contributed by atoms with Crippen molar-refractivity contribution in [2.75, 3.05) is 11.9 Å². The number of para-hydroxylation sites is 1. The number of fused-ring (bicyclic) bond motifs is 3. The summed E-state index contributed by atoms with van der Waals surface area (Å²) >= 11 is 0. The second kappa shape index (κ2) is 6.96. The molecule has 0 aliphatic rings. The van der Waals surface area contributed by atoms with Crippen LogP contribution in [0.3, 0.4) is 0 Å². The molecule has 2 aromatic carbocycles. The van der Waals surface area contributed by atoms with E-state index in [-0.39, 0.29) is 12.5 Å². The highest BCUT2D eigenvalue weighted by Crippen LogP contribution is 2.25. The lowest BCUT2D eigenvalue weighted by molar-refractivity contribution is -0.119. The lowest BCUT2D eigenvalue weighted by atomic mass is 10.1. The smallest absolute Gasteiger partial charge is 0.347 e. The minimum absolute atomic E-state index is 0.0323. The molecule has 1 amide bonds. The molecule has 2 heterocycles. The zero-order valence-corrected chi connectivity index (χ0v) is 16.1. The van der Waals surface area contributed by atoms with Crippen LogP contribution in [0.4, 0.5) is 5.69 Å². The van der Waals surface area contributed by atoms with Crippen LogP contribution in [0.25, 0.3) is 21.9 Å². The maximum Gasteiger partial charge on any atom is 0.347 e. The third-order valence-electron chi connectivity index (χ3n) is 5.05. The summed E-state index contributed by atoms with van der Waals surface area (Å²) in [6.07, 6.45) is 2.31. The average molecular weight is 375 g/mol. The molecule has 0 aliphatic heterocycles. The van der Waals surface area contributed by atoms with Gasteiger partial charge in [-0.05, 0) is 37.1 Å². The molecule has 4 aromatic rings. The molecule has 0 fully saturated rings. The number of aromatic nitrogens is 2. The molecule has 6 nitrogen and oxygen atoms in total. The van der Waals surface area contributed by atoms with E-state index in [1.165, 1.54) is 6.20 Å². The Balaban J connectivity index is 1.78. The summed E-state index contributed by atoms with van der Waals surface area (Å²) in [5, 5.41) is 5.46. The van der Waals surface area contributed by atoms with E-state index in [9.17, 15) is 9.59 Å². The Morgan fingerprint density at radius 1 is 1.18 bits per heavy atom. The van der Waals surface area contributed by atoms with Gasteiger partial charge in [-0.1, -0.05) is 36.8 Å². The van der Waals surface area contributed by atoms with Crippen molar-refractivity contribution in [3.05, 3.63) is 70.2 Å². The number of benzene rings is 2. The second-order valence-electron chi connectivity index (χ2n) is 6.89. The molecule has 0 atom stereocenters. The van der Waals surface area contributed by atoms with Crippen LogP contribution in [0.1, 0.15) is 18.1 Å². The third kappa shape index (κ3) is 2.97. The summed E-state index contributed by atoms with van der Waals surface area (Å²) in [7, 11) is 1.76. The summed E-state index contributed by atoms with van der Waals surface area (Å²) < 4.78 is 6.98. The van der Waals surface area contributed by atoms with Gasteiger partial charge in [0, 0.05) is 18.1 Å². The average Bonchev–Trinajstić information content (AvgIpc) is 3.12. The first kappa shape index (κ1) is 18.0. The van der Waals surface area contributed by atoms with Crippen molar-refractivity contribution in [1.29, 1.82) is 0 Å². The predicted molar refractivity (Wildman–Crippen MR) is 110 cm³/mol. The fourth-order valence-corrected chi connectivity index (χ4v) is 3.52. The SMILES string of the molecule is CCc1ccccc1N(C)C(=O)Cn1ncc2c(=O)oc3ccc(C)cc3c21. The summed E-state index contributed by atoms with van der Waals surface area (Å²) in [5.41, 5.74) is 3.69. The number of rotatable bonds is 4. The maximum absolute atomic E-state index is 13.0. The highest BCUT2D eigenvalue weighted by Gasteiger charge is 2.18. The van der Waals surface area contributed by atoms with E-state index in [0.717, 1.165) is 28.6 Å². The number of nitrogens with zero attached hydrogens (tertiary/aromatic N) is 3. The molecule has 0 bridgehead atoms. The van der Waals surface area contributed by atoms with Crippen molar-refractivity contribution in [3.8, 4) is 0 Å². The van der Waals surface area contributed by atoms with Crippen LogP contribution in [0.5, 0.6) is 0 Å². The van der Waals surface area contributed by atoms with Gasteiger partial charge in [0.2, 0.25) is 5.91 Å². The predicted octanol–water partition coefficient (Wildman–Crippen LogP) is 3.68. The number of anilines is 1. The summed E-state index contributed by atoms with van der Waals surface area (Å²) in [6.45, 7) is 4.06. The van der Waals surface area contributed by atoms with E-state index >= 15 is 0 Å². The largest absolute Gasteiger partial charge is 0.422 e. The van der Waals surface area contributed by atoms with E-state index < -0.39 is 5.63 Å². The zero-order chi connectivity index (χ0) is 19.8. The van der Waals surface area contributed by atoms with E-state index in [4.69, 9.17) is 4.42 Å². The van der Waals surface area contributed by atoms with E-state index in [0.29, 0.717) is 16.5 Å². The molecule has 0 spiro atoms. The minimum Gasteiger partial charge on any atom is -0.422 e. The molecular formula is C22H21N3O3. The standard InChI is InChI=1S/C22H21N3O3/c1-4-15-7-5-6-8-18(15)24(3)20(26)13-25-21-16-11-14(2)9-10-19(16)28-22(27)17(21)12-23-25/h5-12H,4,13H2,1-3H3. The highest BCUT2D eigenvalue weighted by molar-refractivity contribution is 6.03.